The Kier molecular flexibility index (Phi) is 6.20. The van der Waals surface area contributed by atoms with Crippen molar-refractivity contribution in [1.82, 2.24) is 14.9 Å². The largest absolute Gasteiger partial charge is 0.351 e. The summed E-state index contributed by atoms with van der Waals surface area (Å²) in [7, 11) is 0. The maximum absolute atomic E-state index is 5.94. The van der Waals surface area contributed by atoms with Crippen LogP contribution in [0, 0.1) is 27.7 Å². The first-order valence-corrected chi connectivity index (χ1v) is 12.7. The molecule has 4 aromatic rings. The van der Waals surface area contributed by atoms with Gasteiger partial charge in [0.2, 0.25) is 0 Å². The van der Waals surface area contributed by atoms with Gasteiger partial charge in [0.15, 0.2) is 5.11 Å². The topological polar surface area (TPSA) is 33.1 Å². The Morgan fingerprint density at radius 1 is 0.914 bits per heavy atom. The minimum Gasteiger partial charge on any atom is -0.351 e. The third kappa shape index (κ3) is 4.04. The number of anilines is 1. The van der Waals surface area contributed by atoms with Crippen LogP contribution in [0.15, 0.2) is 72.9 Å². The molecule has 4 nitrogen and oxygen atoms in total. The van der Waals surface area contributed by atoms with Crippen molar-refractivity contribution in [2.45, 2.75) is 53.1 Å². The predicted molar refractivity (Wildman–Crippen MR) is 148 cm³/mol. The first kappa shape index (κ1) is 23.3. The molecule has 0 unspecified atom stereocenters. The fourth-order valence-corrected chi connectivity index (χ4v) is 5.78. The standard InChI is InChI=1S/C30H32N4S/c1-6-23-13-15-24(16-14-23)34-29(27(32-30(34)35)26-12-7-8-17-31-26)25-18-21(4)33(22(25)5)28-19(2)10-9-11-20(28)3/h7-18,27,29H,6H2,1-5H3,(H,32,35)/t27-,29-/m0/s1. The van der Waals surface area contributed by atoms with Gasteiger partial charge in [-0.05, 0) is 98.9 Å². The molecule has 35 heavy (non-hydrogen) atoms. The Hall–Kier alpha value is -3.44. The minimum atomic E-state index is -0.0542. The zero-order valence-electron chi connectivity index (χ0n) is 21.0. The third-order valence-corrected chi connectivity index (χ3v) is 7.49. The summed E-state index contributed by atoms with van der Waals surface area (Å²) in [5, 5.41) is 4.33. The van der Waals surface area contributed by atoms with E-state index in [1.54, 1.807) is 0 Å². The SMILES string of the molecule is CCc1ccc(N2C(=S)N[C@@H](c3ccccn3)[C@@H]2c2cc(C)n(-c3c(C)cccc3C)c2C)cc1. The lowest BCUT2D eigenvalue weighted by atomic mass is 9.96. The van der Waals surface area contributed by atoms with Crippen molar-refractivity contribution in [3.05, 3.63) is 112 Å². The Morgan fingerprint density at radius 3 is 2.26 bits per heavy atom. The van der Waals surface area contributed by atoms with Crippen LogP contribution in [0.2, 0.25) is 0 Å². The molecule has 3 heterocycles. The van der Waals surface area contributed by atoms with E-state index in [4.69, 9.17) is 17.2 Å². The smallest absolute Gasteiger partial charge is 0.174 e. The molecule has 0 saturated carbocycles. The monoisotopic (exact) mass is 480 g/mol. The molecule has 5 rings (SSSR count). The summed E-state index contributed by atoms with van der Waals surface area (Å²) in [6, 6.07) is 23.6. The van der Waals surface area contributed by atoms with Crippen LogP contribution in [0.4, 0.5) is 5.69 Å². The van der Waals surface area contributed by atoms with Crippen LogP contribution >= 0.6 is 12.2 Å². The average Bonchev–Trinajstić information content (AvgIpc) is 3.35. The second kappa shape index (κ2) is 9.31. The summed E-state index contributed by atoms with van der Waals surface area (Å²) in [5.74, 6) is 0. The molecule has 178 valence electrons. The van der Waals surface area contributed by atoms with Crippen molar-refractivity contribution in [3.63, 3.8) is 0 Å². The molecule has 0 amide bonds. The van der Waals surface area contributed by atoms with Crippen LogP contribution in [0.5, 0.6) is 0 Å². The van der Waals surface area contributed by atoms with Gasteiger partial charge in [-0.25, -0.2) is 0 Å². The first-order valence-electron chi connectivity index (χ1n) is 12.3. The van der Waals surface area contributed by atoms with E-state index in [0.29, 0.717) is 0 Å². The van der Waals surface area contributed by atoms with E-state index in [9.17, 15) is 0 Å². The van der Waals surface area contributed by atoms with Crippen molar-refractivity contribution in [2.24, 2.45) is 0 Å². The maximum Gasteiger partial charge on any atom is 0.174 e. The molecule has 1 aliphatic rings. The lowest BCUT2D eigenvalue weighted by Gasteiger charge is -2.28. The second-order valence-corrected chi connectivity index (χ2v) is 9.81. The van der Waals surface area contributed by atoms with E-state index in [0.717, 1.165) is 22.9 Å². The number of nitrogens with zero attached hydrogens (tertiary/aromatic N) is 3. The molecular formula is C30H32N4S. The number of pyridine rings is 1. The normalized spacial score (nSPS) is 17.6. The number of hydrogen-bond donors (Lipinski definition) is 1. The molecular weight excluding hydrogens is 448 g/mol. The highest BCUT2D eigenvalue weighted by atomic mass is 32.1. The number of thiocarbonyl (C=S) groups is 1. The van der Waals surface area contributed by atoms with Gasteiger partial charge in [-0.1, -0.05) is 43.3 Å². The highest BCUT2D eigenvalue weighted by Crippen LogP contribution is 2.44. The molecule has 1 N–H and O–H groups in total. The minimum absolute atomic E-state index is 0.0193. The van der Waals surface area contributed by atoms with Crippen molar-refractivity contribution >= 4 is 23.0 Å². The Balaban J connectivity index is 1.69. The molecule has 0 radical (unpaired) electrons. The molecule has 2 atom stereocenters. The fourth-order valence-electron chi connectivity index (χ4n) is 5.43. The maximum atomic E-state index is 5.94. The summed E-state index contributed by atoms with van der Waals surface area (Å²) in [6.07, 6.45) is 2.87. The van der Waals surface area contributed by atoms with Crippen LogP contribution in [0.3, 0.4) is 0 Å². The van der Waals surface area contributed by atoms with Gasteiger partial charge in [-0.2, -0.15) is 0 Å². The molecule has 1 saturated heterocycles. The number of aryl methyl sites for hydroxylation is 4. The van der Waals surface area contributed by atoms with Crippen molar-refractivity contribution in [1.29, 1.82) is 0 Å². The third-order valence-electron chi connectivity index (χ3n) is 7.17. The van der Waals surface area contributed by atoms with Gasteiger partial charge in [-0.3, -0.25) is 4.98 Å². The van der Waals surface area contributed by atoms with Crippen molar-refractivity contribution in [2.75, 3.05) is 4.90 Å². The van der Waals surface area contributed by atoms with E-state index in [1.165, 1.54) is 39.3 Å². The summed E-state index contributed by atoms with van der Waals surface area (Å²) >= 11 is 5.94. The number of nitrogens with one attached hydrogen (secondary N) is 1. The van der Waals surface area contributed by atoms with Crippen LogP contribution < -0.4 is 10.2 Å². The lowest BCUT2D eigenvalue weighted by molar-refractivity contribution is 0.565. The van der Waals surface area contributed by atoms with Gasteiger partial charge in [-0.15, -0.1) is 0 Å². The molecule has 2 aromatic heterocycles. The zero-order valence-corrected chi connectivity index (χ0v) is 21.9. The highest BCUT2D eigenvalue weighted by Gasteiger charge is 2.42. The highest BCUT2D eigenvalue weighted by molar-refractivity contribution is 7.80. The van der Waals surface area contributed by atoms with Gasteiger partial charge in [0.1, 0.15) is 0 Å². The van der Waals surface area contributed by atoms with Gasteiger partial charge in [0.05, 0.1) is 23.5 Å². The van der Waals surface area contributed by atoms with Crippen LogP contribution in [0.1, 0.15) is 58.3 Å². The van der Waals surface area contributed by atoms with Gasteiger partial charge >= 0.3 is 0 Å². The molecule has 0 bridgehead atoms. The second-order valence-electron chi connectivity index (χ2n) is 9.42. The molecule has 0 spiro atoms. The predicted octanol–water partition coefficient (Wildman–Crippen LogP) is 6.85. The fraction of sp³-hybridized carbons (Fsp3) is 0.267. The summed E-state index contributed by atoms with van der Waals surface area (Å²) < 4.78 is 2.40. The van der Waals surface area contributed by atoms with E-state index in [1.807, 2.05) is 18.3 Å². The molecule has 5 heteroatoms. The molecule has 1 aliphatic heterocycles. The number of para-hydroxylation sites is 1. The van der Waals surface area contributed by atoms with Crippen LogP contribution in [-0.4, -0.2) is 14.7 Å². The van der Waals surface area contributed by atoms with E-state index >= 15 is 0 Å². The van der Waals surface area contributed by atoms with Crippen molar-refractivity contribution in [3.8, 4) is 5.69 Å². The summed E-state index contributed by atoms with van der Waals surface area (Å²) in [5.41, 5.74) is 10.9. The number of benzene rings is 2. The van der Waals surface area contributed by atoms with Gasteiger partial charge < -0.3 is 14.8 Å². The quantitative estimate of drug-likeness (QED) is 0.317. The molecule has 1 fully saturated rings. The van der Waals surface area contributed by atoms with Crippen molar-refractivity contribution < 1.29 is 0 Å². The van der Waals surface area contributed by atoms with Gasteiger partial charge in [0, 0.05) is 23.3 Å². The summed E-state index contributed by atoms with van der Waals surface area (Å²) in [4.78, 5) is 6.98. The Labute approximate surface area is 213 Å². The summed E-state index contributed by atoms with van der Waals surface area (Å²) in [6.45, 7) is 11.0. The average molecular weight is 481 g/mol. The Morgan fingerprint density at radius 2 is 1.63 bits per heavy atom. The molecule has 2 aromatic carbocycles. The number of rotatable bonds is 5. The molecule has 0 aliphatic carbocycles. The van der Waals surface area contributed by atoms with E-state index < -0.39 is 0 Å². The van der Waals surface area contributed by atoms with E-state index in [2.05, 4.69) is 104 Å². The number of hydrogen-bond acceptors (Lipinski definition) is 2. The first-order chi connectivity index (χ1) is 16.9. The zero-order chi connectivity index (χ0) is 24.7. The van der Waals surface area contributed by atoms with E-state index in [-0.39, 0.29) is 12.1 Å². The Bertz CT molecular complexity index is 1350. The van der Waals surface area contributed by atoms with Crippen LogP contribution in [0.25, 0.3) is 5.69 Å². The number of aromatic nitrogens is 2. The van der Waals surface area contributed by atoms with Gasteiger partial charge in [0.25, 0.3) is 0 Å². The van der Waals surface area contributed by atoms with Crippen LogP contribution in [-0.2, 0) is 6.42 Å². The lowest BCUT2D eigenvalue weighted by Crippen LogP contribution is -2.29.